The number of halogens is 3. The van der Waals surface area contributed by atoms with Crippen molar-refractivity contribution < 1.29 is 28.2 Å². The van der Waals surface area contributed by atoms with E-state index in [4.69, 9.17) is 5.11 Å². The van der Waals surface area contributed by atoms with Crippen molar-refractivity contribution in [1.29, 1.82) is 0 Å². The van der Waals surface area contributed by atoms with Crippen LogP contribution in [0.4, 0.5) is 19.0 Å². The molecule has 0 aliphatic heterocycles. The molecule has 2 heterocycles. The Kier molecular flexibility index (Phi) is 4.76. The lowest BCUT2D eigenvalue weighted by atomic mass is 10.1. The first-order chi connectivity index (χ1) is 10.7. The first-order valence-electron chi connectivity index (χ1n) is 6.65. The van der Waals surface area contributed by atoms with Crippen LogP contribution < -0.4 is 5.32 Å². The zero-order valence-electron chi connectivity index (χ0n) is 12.2. The predicted octanol–water partition coefficient (Wildman–Crippen LogP) is 2.81. The van der Waals surface area contributed by atoms with Crippen LogP contribution in [0.1, 0.15) is 28.6 Å². The maximum atomic E-state index is 12.7. The lowest BCUT2D eigenvalue weighted by Gasteiger charge is -2.25. The highest BCUT2D eigenvalue weighted by atomic mass is 32.1. The minimum Gasteiger partial charge on any atom is -0.477 e. The molecule has 0 amide bonds. The first-order valence-corrected chi connectivity index (χ1v) is 7.47. The Morgan fingerprint density at radius 3 is 2.61 bits per heavy atom. The SMILES string of the molecule is CCC(Nc1ncnc2sc(C(=O)O)c(C)c12)C(O)C(F)(F)F. The van der Waals surface area contributed by atoms with Gasteiger partial charge in [0, 0.05) is 0 Å². The van der Waals surface area contributed by atoms with Gasteiger partial charge in [0.25, 0.3) is 0 Å². The highest BCUT2D eigenvalue weighted by Crippen LogP contribution is 2.34. The number of nitrogens with zero attached hydrogens (tertiary/aromatic N) is 2. The molecule has 2 atom stereocenters. The quantitative estimate of drug-likeness (QED) is 0.768. The molecule has 0 radical (unpaired) electrons. The molecular weight excluding hydrogens is 335 g/mol. The van der Waals surface area contributed by atoms with E-state index in [0.717, 1.165) is 17.7 Å². The number of anilines is 1. The van der Waals surface area contributed by atoms with Crippen LogP contribution in [0.3, 0.4) is 0 Å². The minimum absolute atomic E-state index is 0.00114. The van der Waals surface area contributed by atoms with Gasteiger partial charge in [-0.1, -0.05) is 6.92 Å². The van der Waals surface area contributed by atoms with Gasteiger partial charge >= 0.3 is 12.1 Å². The number of rotatable bonds is 5. The number of carboxylic acids is 1. The van der Waals surface area contributed by atoms with Crippen molar-refractivity contribution >= 4 is 33.3 Å². The largest absolute Gasteiger partial charge is 0.477 e. The number of carboxylic acid groups (broad SMARTS) is 1. The lowest BCUT2D eigenvalue weighted by Crippen LogP contribution is -2.43. The molecule has 3 N–H and O–H groups in total. The van der Waals surface area contributed by atoms with Gasteiger partial charge in [0.15, 0.2) is 6.10 Å². The van der Waals surface area contributed by atoms with Gasteiger partial charge in [-0.3, -0.25) is 0 Å². The number of hydrogen-bond donors (Lipinski definition) is 3. The number of fused-ring (bicyclic) bond motifs is 1. The maximum absolute atomic E-state index is 12.7. The summed E-state index contributed by atoms with van der Waals surface area (Å²) >= 11 is 0.919. The molecule has 2 unspecified atom stereocenters. The molecule has 0 spiro atoms. The Hall–Kier alpha value is -1.94. The van der Waals surface area contributed by atoms with Gasteiger partial charge in [-0.25, -0.2) is 14.8 Å². The number of aryl methyl sites for hydroxylation is 1. The van der Waals surface area contributed by atoms with Crippen molar-refractivity contribution in [2.75, 3.05) is 5.32 Å². The third-order valence-corrected chi connectivity index (χ3v) is 4.59. The number of thiophene rings is 1. The van der Waals surface area contributed by atoms with Crippen LogP contribution in [-0.2, 0) is 0 Å². The van der Waals surface area contributed by atoms with E-state index >= 15 is 0 Å². The van der Waals surface area contributed by atoms with Crippen LogP contribution in [0.5, 0.6) is 0 Å². The highest BCUT2D eigenvalue weighted by molar-refractivity contribution is 7.20. The Balaban J connectivity index is 2.45. The number of aliphatic hydroxyl groups is 1. The fourth-order valence-electron chi connectivity index (χ4n) is 2.19. The summed E-state index contributed by atoms with van der Waals surface area (Å²) in [4.78, 5) is 19.4. The molecule has 0 aliphatic carbocycles. The smallest absolute Gasteiger partial charge is 0.416 e. The van der Waals surface area contributed by atoms with Crippen molar-refractivity contribution in [1.82, 2.24) is 9.97 Å². The summed E-state index contributed by atoms with van der Waals surface area (Å²) in [7, 11) is 0. The van der Waals surface area contributed by atoms with Crippen molar-refractivity contribution in [2.24, 2.45) is 0 Å². The number of aromatic carboxylic acids is 1. The zero-order chi connectivity index (χ0) is 17.4. The number of aliphatic hydroxyl groups excluding tert-OH is 1. The third kappa shape index (κ3) is 3.37. The summed E-state index contributed by atoms with van der Waals surface area (Å²) < 4.78 is 38.1. The van der Waals surface area contributed by atoms with E-state index < -0.39 is 24.3 Å². The standard InChI is InChI=1S/C13H14F3N3O3S/c1-3-6(9(20)13(14,15)16)19-10-7-5(2)8(12(21)22)23-11(7)18-4-17-10/h4,6,9,20H,3H2,1-2H3,(H,21,22)(H,17,18,19). The van der Waals surface area contributed by atoms with E-state index in [-0.39, 0.29) is 17.1 Å². The molecule has 23 heavy (non-hydrogen) atoms. The van der Waals surface area contributed by atoms with Gasteiger partial charge in [0.2, 0.25) is 0 Å². The molecule has 2 aromatic heterocycles. The Morgan fingerprint density at radius 1 is 1.43 bits per heavy atom. The molecule has 0 saturated heterocycles. The molecule has 10 heteroatoms. The average molecular weight is 349 g/mol. The molecule has 0 fully saturated rings. The summed E-state index contributed by atoms with van der Waals surface area (Å²) in [5.41, 5.74) is 0.372. The first kappa shape index (κ1) is 17.4. The molecule has 126 valence electrons. The summed E-state index contributed by atoms with van der Waals surface area (Å²) in [5, 5.41) is 21.5. The average Bonchev–Trinajstić information content (AvgIpc) is 2.81. The Morgan fingerprint density at radius 2 is 2.09 bits per heavy atom. The van der Waals surface area contributed by atoms with Crippen molar-refractivity contribution in [3.63, 3.8) is 0 Å². The van der Waals surface area contributed by atoms with E-state index in [0.29, 0.717) is 15.8 Å². The van der Waals surface area contributed by atoms with Crippen LogP contribution in [0.15, 0.2) is 6.33 Å². The number of alkyl halides is 3. The lowest BCUT2D eigenvalue weighted by molar-refractivity contribution is -0.208. The maximum Gasteiger partial charge on any atom is 0.416 e. The van der Waals surface area contributed by atoms with E-state index in [1.807, 2.05) is 0 Å². The predicted molar refractivity (Wildman–Crippen MR) is 78.9 cm³/mol. The summed E-state index contributed by atoms with van der Waals surface area (Å²) in [5.74, 6) is -1.06. The summed E-state index contributed by atoms with van der Waals surface area (Å²) in [6, 6.07) is -1.30. The number of nitrogens with one attached hydrogen (secondary N) is 1. The van der Waals surface area contributed by atoms with Gasteiger partial charge in [-0.05, 0) is 18.9 Å². The van der Waals surface area contributed by atoms with Crippen LogP contribution in [0, 0.1) is 6.92 Å². The van der Waals surface area contributed by atoms with Gasteiger partial charge < -0.3 is 15.5 Å². The summed E-state index contributed by atoms with van der Waals surface area (Å²) in [6.45, 7) is 3.03. The van der Waals surface area contributed by atoms with E-state index in [1.165, 1.54) is 13.8 Å². The molecule has 2 rings (SSSR count). The highest BCUT2D eigenvalue weighted by Gasteiger charge is 2.43. The fraction of sp³-hybridized carbons (Fsp3) is 0.462. The van der Waals surface area contributed by atoms with E-state index in [1.54, 1.807) is 0 Å². The van der Waals surface area contributed by atoms with Crippen molar-refractivity contribution in [3.8, 4) is 0 Å². The topological polar surface area (TPSA) is 95.3 Å². The second-order valence-electron chi connectivity index (χ2n) is 4.91. The third-order valence-electron chi connectivity index (χ3n) is 3.40. The van der Waals surface area contributed by atoms with Crippen LogP contribution >= 0.6 is 11.3 Å². The van der Waals surface area contributed by atoms with Gasteiger partial charge in [0.1, 0.15) is 21.9 Å². The molecule has 2 aromatic rings. The summed E-state index contributed by atoms with van der Waals surface area (Å²) in [6.07, 6.45) is -6.19. The van der Waals surface area contributed by atoms with Gasteiger partial charge in [-0.15, -0.1) is 11.3 Å². The molecule has 0 bridgehead atoms. The Labute approximate surface area is 133 Å². The van der Waals surface area contributed by atoms with E-state index in [9.17, 15) is 23.1 Å². The van der Waals surface area contributed by atoms with Crippen molar-refractivity contribution in [2.45, 2.75) is 38.6 Å². The molecule has 0 aromatic carbocycles. The fourth-order valence-corrected chi connectivity index (χ4v) is 3.18. The molecular formula is C13H14F3N3O3S. The van der Waals surface area contributed by atoms with Gasteiger partial charge in [0.05, 0.1) is 11.4 Å². The van der Waals surface area contributed by atoms with Gasteiger partial charge in [-0.2, -0.15) is 13.2 Å². The molecule has 0 saturated carbocycles. The minimum atomic E-state index is -4.77. The molecule has 0 aliphatic rings. The normalized spacial score (nSPS) is 14.7. The van der Waals surface area contributed by atoms with Crippen LogP contribution in [-0.4, -0.2) is 44.5 Å². The number of carbonyl (C=O) groups is 1. The van der Waals surface area contributed by atoms with E-state index in [2.05, 4.69) is 15.3 Å². The second-order valence-corrected chi connectivity index (χ2v) is 5.91. The zero-order valence-corrected chi connectivity index (χ0v) is 13.0. The monoisotopic (exact) mass is 349 g/mol. The second kappa shape index (κ2) is 6.28. The Bertz CT molecular complexity index is 732. The number of hydrogen-bond acceptors (Lipinski definition) is 6. The van der Waals surface area contributed by atoms with Crippen LogP contribution in [0.25, 0.3) is 10.2 Å². The molecule has 6 nitrogen and oxygen atoms in total. The van der Waals surface area contributed by atoms with Crippen LogP contribution in [0.2, 0.25) is 0 Å². The number of aromatic nitrogens is 2. The van der Waals surface area contributed by atoms with Crippen molar-refractivity contribution in [3.05, 3.63) is 16.8 Å².